The fourth-order valence-corrected chi connectivity index (χ4v) is 4.54. The SMILES string of the molecule is Cc1ccc2cc(C)c3nnc(SCC(=O)Nc4ccc5c(c4)OCCO5)n3c2c1C. The van der Waals surface area contributed by atoms with Crippen LogP contribution in [0.15, 0.2) is 41.6 Å². The van der Waals surface area contributed by atoms with Crippen molar-refractivity contribution >= 4 is 39.9 Å². The largest absolute Gasteiger partial charge is 0.486 e. The van der Waals surface area contributed by atoms with Crippen molar-refractivity contribution < 1.29 is 14.3 Å². The Kier molecular flexibility index (Phi) is 4.94. The van der Waals surface area contributed by atoms with Gasteiger partial charge in [-0.3, -0.25) is 9.20 Å². The van der Waals surface area contributed by atoms with Crippen molar-refractivity contribution in [3.05, 3.63) is 53.1 Å². The monoisotopic (exact) mass is 434 g/mol. The lowest BCUT2D eigenvalue weighted by Gasteiger charge is -2.19. The van der Waals surface area contributed by atoms with E-state index in [4.69, 9.17) is 9.47 Å². The number of benzene rings is 2. The van der Waals surface area contributed by atoms with E-state index in [-0.39, 0.29) is 11.7 Å². The van der Waals surface area contributed by atoms with Gasteiger partial charge in [-0.25, -0.2) is 0 Å². The molecule has 8 heteroatoms. The highest BCUT2D eigenvalue weighted by Crippen LogP contribution is 2.33. The summed E-state index contributed by atoms with van der Waals surface area (Å²) in [6, 6.07) is 11.8. The topological polar surface area (TPSA) is 77.8 Å². The Balaban J connectivity index is 1.40. The van der Waals surface area contributed by atoms with Gasteiger partial charge in [0.2, 0.25) is 5.91 Å². The number of fused-ring (bicyclic) bond motifs is 4. The quantitative estimate of drug-likeness (QED) is 0.482. The molecule has 4 aromatic rings. The molecule has 0 saturated carbocycles. The summed E-state index contributed by atoms with van der Waals surface area (Å²) in [6.07, 6.45) is 0. The first-order valence-corrected chi connectivity index (χ1v) is 11.1. The highest BCUT2D eigenvalue weighted by Gasteiger charge is 2.17. The summed E-state index contributed by atoms with van der Waals surface area (Å²) in [6.45, 7) is 7.27. The molecule has 1 N–H and O–H groups in total. The standard InChI is InChI=1S/C23H22N4O3S/c1-13-4-5-16-10-14(2)22-25-26-23(27(22)21(16)15(13)3)31-12-20(28)24-17-6-7-18-19(11-17)30-9-8-29-18/h4-7,10-11H,8-9,12H2,1-3H3,(H,24,28). The van der Waals surface area contributed by atoms with Crippen molar-refractivity contribution in [3.8, 4) is 11.5 Å². The lowest BCUT2D eigenvalue weighted by molar-refractivity contribution is -0.113. The number of thioether (sulfide) groups is 1. The van der Waals surface area contributed by atoms with Crippen molar-refractivity contribution in [2.45, 2.75) is 25.9 Å². The molecule has 0 aliphatic carbocycles. The van der Waals surface area contributed by atoms with Crippen LogP contribution in [0.4, 0.5) is 5.69 Å². The van der Waals surface area contributed by atoms with E-state index >= 15 is 0 Å². The molecule has 3 heterocycles. The van der Waals surface area contributed by atoms with Gasteiger partial charge >= 0.3 is 0 Å². The molecule has 158 valence electrons. The van der Waals surface area contributed by atoms with E-state index in [1.807, 2.05) is 19.1 Å². The number of anilines is 1. The number of carbonyl (C=O) groups excluding carboxylic acids is 1. The number of hydrogen-bond acceptors (Lipinski definition) is 6. The summed E-state index contributed by atoms with van der Waals surface area (Å²) in [5, 5.41) is 13.5. The van der Waals surface area contributed by atoms with Crippen LogP contribution < -0.4 is 14.8 Å². The zero-order chi connectivity index (χ0) is 21.5. The maximum absolute atomic E-state index is 12.6. The smallest absolute Gasteiger partial charge is 0.234 e. The maximum Gasteiger partial charge on any atom is 0.234 e. The normalized spacial score (nSPS) is 13.0. The first kappa shape index (κ1) is 19.7. The Morgan fingerprint density at radius 2 is 1.84 bits per heavy atom. The number of nitrogens with zero attached hydrogens (tertiary/aromatic N) is 3. The first-order valence-electron chi connectivity index (χ1n) is 10.1. The molecule has 5 rings (SSSR count). The van der Waals surface area contributed by atoms with Gasteiger partial charge in [0.1, 0.15) is 13.2 Å². The third-order valence-electron chi connectivity index (χ3n) is 5.47. The van der Waals surface area contributed by atoms with Crippen molar-refractivity contribution in [2.24, 2.45) is 0 Å². The Bertz CT molecular complexity index is 1330. The third-order valence-corrected chi connectivity index (χ3v) is 6.40. The molecule has 0 bridgehead atoms. The van der Waals surface area contributed by atoms with Crippen LogP contribution >= 0.6 is 11.8 Å². The predicted octanol–water partition coefficient (Wildman–Crippen LogP) is 4.31. The number of aromatic nitrogens is 3. The number of ether oxygens (including phenoxy) is 2. The van der Waals surface area contributed by atoms with Crippen molar-refractivity contribution in [1.82, 2.24) is 14.6 Å². The van der Waals surface area contributed by atoms with Gasteiger partial charge in [0.05, 0.1) is 11.3 Å². The third kappa shape index (κ3) is 3.57. The Labute approximate surface area is 183 Å². The second-order valence-corrected chi connectivity index (χ2v) is 8.55. The number of aryl methyl sites for hydroxylation is 3. The molecular weight excluding hydrogens is 412 g/mol. The van der Waals surface area contributed by atoms with Crippen LogP contribution in [-0.2, 0) is 4.79 Å². The summed E-state index contributed by atoms with van der Waals surface area (Å²) < 4.78 is 13.2. The van der Waals surface area contributed by atoms with Crippen molar-refractivity contribution in [1.29, 1.82) is 0 Å². The van der Waals surface area contributed by atoms with Crippen LogP contribution in [0.5, 0.6) is 11.5 Å². The van der Waals surface area contributed by atoms with Crippen LogP contribution in [-0.4, -0.2) is 39.5 Å². The predicted molar refractivity (Wildman–Crippen MR) is 121 cm³/mol. The fourth-order valence-electron chi connectivity index (χ4n) is 3.80. The Morgan fingerprint density at radius 1 is 1.03 bits per heavy atom. The van der Waals surface area contributed by atoms with Gasteiger partial charge in [-0.1, -0.05) is 23.9 Å². The van der Waals surface area contributed by atoms with Crippen LogP contribution in [0.2, 0.25) is 0 Å². The molecule has 1 amide bonds. The van der Waals surface area contributed by atoms with Gasteiger partial charge < -0.3 is 14.8 Å². The van der Waals surface area contributed by atoms with Gasteiger partial charge in [0.15, 0.2) is 22.3 Å². The van der Waals surface area contributed by atoms with E-state index in [2.05, 4.69) is 52.0 Å². The van der Waals surface area contributed by atoms with Gasteiger partial charge in [-0.15, -0.1) is 10.2 Å². The van der Waals surface area contributed by atoms with E-state index in [0.717, 1.165) is 22.1 Å². The molecule has 2 aromatic carbocycles. The number of amides is 1. The first-order chi connectivity index (χ1) is 15.0. The molecule has 0 unspecified atom stereocenters. The molecule has 0 saturated heterocycles. The van der Waals surface area contributed by atoms with Crippen LogP contribution in [0, 0.1) is 20.8 Å². The molecular formula is C23H22N4O3S. The van der Waals surface area contributed by atoms with Gasteiger partial charge in [0.25, 0.3) is 0 Å². The fraction of sp³-hybridized carbons (Fsp3) is 0.261. The molecule has 0 radical (unpaired) electrons. The molecule has 1 aliphatic rings. The lowest BCUT2D eigenvalue weighted by Crippen LogP contribution is -2.17. The summed E-state index contributed by atoms with van der Waals surface area (Å²) in [4.78, 5) is 12.6. The molecule has 0 spiro atoms. The van der Waals surface area contributed by atoms with E-state index in [1.165, 1.54) is 22.9 Å². The van der Waals surface area contributed by atoms with Crippen molar-refractivity contribution in [3.63, 3.8) is 0 Å². The van der Waals surface area contributed by atoms with Gasteiger partial charge in [-0.05, 0) is 61.0 Å². The van der Waals surface area contributed by atoms with E-state index < -0.39 is 0 Å². The number of hydrogen-bond donors (Lipinski definition) is 1. The highest BCUT2D eigenvalue weighted by molar-refractivity contribution is 7.99. The number of nitrogens with one attached hydrogen (secondary N) is 1. The second-order valence-electron chi connectivity index (χ2n) is 7.61. The summed E-state index contributed by atoms with van der Waals surface area (Å²) >= 11 is 1.37. The Morgan fingerprint density at radius 3 is 2.68 bits per heavy atom. The summed E-state index contributed by atoms with van der Waals surface area (Å²) in [5.74, 6) is 1.44. The van der Waals surface area contributed by atoms with Crippen LogP contribution in [0.25, 0.3) is 16.6 Å². The molecule has 31 heavy (non-hydrogen) atoms. The molecule has 7 nitrogen and oxygen atoms in total. The minimum absolute atomic E-state index is 0.122. The average molecular weight is 435 g/mol. The number of pyridine rings is 1. The van der Waals surface area contributed by atoms with Gasteiger partial charge in [-0.2, -0.15) is 0 Å². The molecule has 2 aromatic heterocycles. The summed E-state index contributed by atoms with van der Waals surface area (Å²) in [5.41, 5.74) is 6.02. The average Bonchev–Trinajstić information content (AvgIpc) is 3.19. The maximum atomic E-state index is 12.6. The van der Waals surface area contributed by atoms with Crippen LogP contribution in [0.1, 0.15) is 16.7 Å². The second kappa shape index (κ2) is 7.77. The van der Waals surface area contributed by atoms with E-state index in [9.17, 15) is 4.79 Å². The van der Waals surface area contributed by atoms with E-state index in [0.29, 0.717) is 35.6 Å². The van der Waals surface area contributed by atoms with E-state index in [1.54, 1.807) is 6.07 Å². The highest BCUT2D eigenvalue weighted by atomic mass is 32.2. The number of rotatable bonds is 4. The minimum atomic E-state index is -0.122. The number of carbonyl (C=O) groups is 1. The Hall–Kier alpha value is -3.26. The zero-order valence-electron chi connectivity index (χ0n) is 17.6. The van der Waals surface area contributed by atoms with Crippen molar-refractivity contribution in [2.75, 3.05) is 24.3 Å². The summed E-state index contributed by atoms with van der Waals surface area (Å²) in [7, 11) is 0. The minimum Gasteiger partial charge on any atom is -0.486 e. The lowest BCUT2D eigenvalue weighted by atomic mass is 10.0. The van der Waals surface area contributed by atoms with Crippen LogP contribution in [0.3, 0.4) is 0 Å². The molecule has 0 atom stereocenters. The molecule has 1 aliphatic heterocycles. The zero-order valence-corrected chi connectivity index (χ0v) is 18.4. The molecule has 0 fully saturated rings. The van der Waals surface area contributed by atoms with Gasteiger partial charge in [0, 0.05) is 11.8 Å².